The third kappa shape index (κ3) is 3.63. The number of rotatable bonds is 5. The molecule has 3 rings (SSSR count). The number of anilines is 1. The quantitative estimate of drug-likeness (QED) is 0.886. The summed E-state index contributed by atoms with van der Waals surface area (Å²) < 4.78 is 11.4. The second kappa shape index (κ2) is 7.16. The number of ether oxygens (including phenoxy) is 1. The molecule has 120 valence electrons. The zero-order chi connectivity index (χ0) is 16.1. The van der Waals surface area contributed by atoms with Gasteiger partial charge < -0.3 is 19.0 Å². The summed E-state index contributed by atoms with van der Waals surface area (Å²) in [5.41, 5.74) is 0.344. The van der Waals surface area contributed by atoms with Crippen LogP contribution in [-0.2, 0) is 6.61 Å². The third-order valence-corrected chi connectivity index (χ3v) is 4.12. The summed E-state index contributed by atoms with van der Waals surface area (Å²) >= 11 is 0. The largest absolute Gasteiger partial charge is 0.484 e. The fraction of sp³-hybridized carbons (Fsp3) is 0.412. The van der Waals surface area contributed by atoms with E-state index in [0.717, 1.165) is 38.5 Å². The standard InChI is InChI=1S/C17H20N4O2/c1-2-20-8-10-21(11-9-20)17-15(12-18)19-16(23-17)13-22-14-6-4-3-5-7-14/h3-7H,2,8-11,13H2,1H3/p+1. The summed E-state index contributed by atoms with van der Waals surface area (Å²) in [5, 5.41) is 9.30. The number of hydrogen-bond donors (Lipinski definition) is 1. The number of nitrogens with zero attached hydrogens (tertiary/aromatic N) is 3. The Morgan fingerprint density at radius 3 is 2.70 bits per heavy atom. The van der Waals surface area contributed by atoms with Crippen molar-refractivity contribution in [3.63, 3.8) is 0 Å². The molecule has 0 aliphatic carbocycles. The highest BCUT2D eigenvalue weighted by Gasteiger charge is 2.25. The van der Waals surface area contributed by atoms with Crippen LogP contribution >= 0.6 is 0 Å². The van der Waals surface area contributed by atoms with Crippen LogP contribution < -0.4 is 14.5 Å². The van der Waals surface area contributed by atoms with Gasteiger partial charge in [0.15, 0.2) is 6.61 Å². The van der Waals surface area contributed by atoms with Gasteiger partial charge >= 0.3 is 0 Å². The van der Waals surface area contributed by atoms with Crippen LogP contribution in [0.1, 0.15) is 18.5 Å². The molecular weight excluding hydrogens is 292 g/mol. The lowest BCUT2D eigenvalue weighted by Crippen LogP contribution is -3.14. The van der Waals surface area contributed by atoms with E-state index in [1.165, 1.54) is 0 Å². The average molecular weight is 313 g/mol. The number of piperazine rings is 1. The van der Waals surface area contributed by atoms with E-state index < -0.39 is 0 Å². The Kier molecular flexibility index (Phi) is 4.79. The Morgan fingerprint density at radius 2 is 2.04 bits per heavy atom. The van der Waals surface area contributed by atoms with E-state index in [1.807, 2.05) is 30.3 Å². The number of nitriles is 1. The maximum Gasteiger partial charge on any atom is 0.236 e. The highest BCUT2D eigenvalue weighted by molar-refractivity contribution is 5.48. The fourth-order valence-electron chi connectivity index (χ4n) is 2.75. The smallest absolute Gasteiger partial charge is 0.236 e. The second-order valence-electron chi connectivity index (χ2n) is 5.57. The Bertz CT molecular complexity index is 670. The fourth-order valence-corrected chi connectivity index (χ4v) is 2.75. The number of para-hydroxylation sites is 1. The molecule has 1 aliphatic heterocycles. The minimum atomic E-state index is 0.221. The van der Waals surface area contributed by atoms with Crippen molar-refractivity contribution < 1.29 is 14.1 Å². The van der Waals surface area contributed by atoms with Crippen molar-refractivity contribution in [3.05, 3.63) is 41.9 Å². The van der Waals surface area contributed by atoms with Gasteiger partial charge in [0, 0.05) is 0 Å². The summed E-state index contributed by atoms with van der Waals surface area (Å²) in [7, 11) is 0. The van der Waals surface area contributed by atoms with E-state index in [2.05, 4.69) is 22.9 Å². The van der Waals surface area contributed by atoms with Crippen molar-refractivity contribution >= 4 is 5.88 Å². The average Bonchev–Trinajstić information content (AvgIpc) is 3.04. The second-order valence-corrected chi connectivity index (χ2v) is 5.57. The van der Waals surface area contributed by atoms with Gasteiger partial charge in [-0.2, -0.15) is 10.2 Å². The Hall–Kier alpha value is -2.52. The molecule has 23 heavy (non-hydrogen) atoms. The van der Waals surface area contributed by atoms with E-state index in [1.54, 1.807) is 4.90 Å². The molecule has 1 fully saturated rings. The first-order valence-corrected chi connectivity index (χ1v) is 7.96. The highest BCUT2D eigenvalue weighted by atomic mass is 16.5. The van der Waals surface area contributed by atoms with Gasteiger partial charge in [-0.1, -0.05) is 18.2 Å². The van der Waals surface area contributed by atoms with Gasteiger partial charge in [-0.15, -0.1) is 0 Å². The van der Waals surface area contributed by atoms with Gasteiger partial charge in [0.25, 0.3) is 0 Å². The molecule has 0 unspecified atom stereocenters. The number of oxazole rings is 1. The van der Waals surface area contributed by atoms with Crippen molar-refractivity contribution in [2.24, 2.45) is 0 Å². The predicted molar refractivity (Wildman–Crippen MR) is 85.4 cm³/mol. The van der Waals surface area contributed by atoms with Crippen molar-refractivity contribution in [2.75, 3.05) is 37.6 Å². The zero-order valence-electron chi connectivity index (χ0n) is 13.3. The SMILES string of the molecule is CC[NH+]1CCN(c2oc(COc3ccccc3)nc2C#N)CC1. The van der Waals surface area contributed by atoms with Crippen LogP contribution in [0, 0.1) is 11.3 Å². The Labute approximate surface area is 135 Å². The Balaban J connectivity index is 1.67. The van der Waals surface area contributed by atoms with E-state index in [-0.39, 0.29) is 6.61 Å². The first-order valence-electron chi connectivity index (χ1n) is 7.96. The monoisotopic (exact) mass is 313 g/mol. The van der Waals surface area contributed by atoms with Crippen LogP contribution in [0.5, 0.6) is 5.75 Å². The van der Waals surface area contributed by atoms with E-state index in [4.69, 9.17) is 9.15 Å². The molecule has 1 aliphatic rings. The van der Waals surface area contributed by atoms with Crippen LogP contribution in [0.15, 0.2) is 34.7 Å². The van der Waals surface area contributed by atoms with Gasteiger partial charge in [-0.3, -0.25) is 0 Å². The van der Waals surface area contributed by atoms with Crippen molar-refractivity contribution in [1.29, 1.82) is 5.26 Å². The molecule has 2 heterocycles. The molecule has 6 nitrogen and oxygen atoms in total. The molecule has 6 heteroatoms. The molecule has 0 spiro atoms. The molecule has 0 radical (unpaired) electrons. The Morgan fingerprint density at radius 1 is 1.30 bits per heavy atom. The third-order valence-electron chi connectivity index (χ3n) is 4.12. The maximum atomic E-state index is 9.30. The van der Waals surface area contributed by atoms with Crippen LogP contribution in [-0.4, -0.2) is 37.7 Å². The van der Waals surface area contributed by atoms with E-state index >= 15 is 0 Å². The number of nitrogens with one attached hydrogen (secondary N) is 1. The topological polar surface area (TPSA) is 66.7 Å². The summed E-state index contributed by atoms with van der Waals surface area (Å²) in [4.78, 5) is 7.94. The number of hydrogen-bond acceptors (Lipinski definition) is 5. The zero-order valence-corrected chi connectivity index (χ0v) is 13.3. The first kappa shape index (κ1) is 15.4. The van der Waals surface area contributed by atoms with E-state index in [9.17, 15) is 5.26 Å². The summed E-state index contributed by atoms with van der Waals surface area (Å²) in [6.45, 7) is 7.41. The maximum absolute atomic E-state index is 9.30. The normalized spacial score (nSPS) is 15.4. The summed E-state index contributed by atoms with van der Waals surface area (Å²) in [6, 6.07) is 11.6. The lowest BCUT2D eigenvalue weighted by Gasteiger charge is -2.31. The van der Waals surface area contributed by atoms with Crippen LogP contribution in [0.3, 0.4) is 0 Å². The van der Waals surface area contributed by atoms with Crippen molar-refractivity contribution in [1.82, 2.24) is 4.98 Å². The minimum Gasteiger partial charge on any atom is -0.484 e. The highest BCUT2D eigenvalue weighted by Crippen LogP contribution is 2.22. The number of aromatic nitrogens is 1. The molecule has 0 amide bonds. The van der Waals surface area contributed by atoms with Gasteiger partial charge in [-0.25, -0.2) is 0 Å². The minimum absolute atomic E-state index is 0.221. The number of likely N-dealkylation sites (N-methyl/N-ethyl adjacent to an activating group) is 1. The molecule has 1 saturated heterocycles. The van der Waals surface area contributed by atoms with Crippen molar-refractivity contribution in [2.45, 2.75) is 13.5 Å². The molecule has 0 atom stereocenters. The van der Waals surface area contributed by atoms with Crippen LogP contribution in [0.4, 0.5) is 5.88 Å². The lowest BCUT2D eigenvalue weighted by molar-refractivity contribution is -0.898. The molecular formula is C17H21N4O2+. The lowest BCUT2D eigenvalue weighted by atomic mass is 10.3. The predicted octanol–water partition coefficient (Wildman–Crippen LogP) is 0.850. The molecule has 0 bridgehead atoms. The molecule has 1 aromatic carbocycles. The van der Waals surface area contributed by atoms with Gasteiger partial charge in [-0.05, 0) is 19.1 Å². The van der Waals surface area contributed by atoms with Crippen LogP contribution in [0.2, 0.25) is 0 Å². The number of benzene rings is 1. The first-order chi connectivity index (χ1) is 11.3. The van der Waals surface area contributed by atoms with E-state index in [0.29, 0.717) is 17.5 Å². The molecule has 2 aromatic rings. The summed E-state index contributed by atoms with van der Waals surface area (Å²) in [5.74, 6) is 1.77. The van der Waals surface area contributed by atoms with Gasteiger partial charge in [0.2, 0.25) is 17.5 Å². The van der Waals surface area contributed by atoms with Crippen LogP contribution in [0.25, 0.3) is 0 Å². The van der Waals surface area contributed by atoms with Gasteiger partial charge in [0.05, 0.1) is 32.7 Å². The van der Waals surface area contributed by atoms with Gasteiger partial charge in [0.1, 0.15) is 11.8 Å². The molecule has 1 aromatic heterocycles. The number of quaternary nitrogens is 1. The summed E-state index contributed by atoms with van der Waals surface area (Å²) in [6.07, 6.45) is 0. The molecule has 0 saturated carbocycles. The molecule has 1 N–H and O–H groups in total. The van der Waals surface area contributed by atoms with Crippen molar-refractivity contribution in [3.8, 4) is 11.8 Å².